The van der Waals surface area contributed by atoms with Gasteiger partial charge in [0.15, 0.2) is 0 Å². The molecule has 0 rings (SSSR count). The number of alkyl halides is 1. The highest BCUT2D eigenvalue weighted by Crippen LogP contribution is 1.99. The molecule has 11 heavy (non-hydrogen) atoms. The standard InChI is InChI=1S/C7H15ClO2S/c1-2-3-6-11(9,10)7-4-5-8/h2-7H2,1H3. The quantitative estimate of drug-likeness (QED) is 0.611. The van der Waals surface area contributed by atoms with E-state index in [4.69, 9.17) is 11.6 Å². The van der Waals surface area contributed by atoms with Crippen LogP contribution in [0.1, 0.15) is 26.2 Å². The maximum atomic E-state index is 11.1. The highest BCUT2D eigenvalue weighted by atomic mass is 35.5. The van der Waals surface area contributed by atoms with Crippen LogP contribution in [0.3, 0.4) is 0 Å². The van der Waals surface area contributed by atoms with Gasteiger partial charge in [0, 0.05) is 5.88 Å². The van der Waals surface area contributed by atoms with E-state index >= 15 is 0 Å². The number of halogens is 1. The van der Waals surface area contributed by atoms with Crippen LogP contribution >= 0.6 is 11.6 Å². The van der Waals surface area contributed by atoms with E-state index in [-0.39, 0.29) is 5.75 Å². The van der Waals surface area contributed by atoms with E-state index in [0.29, 0.717) is 18.1 Å². The first kappa shape index (κ1) is 11.2. The lowest BCUT2D eigenvalue weighted by atomic mass is 10.4. The first-order chi connectivity index (χ1) is 5.12. The fraction of sp³-hybridized carbons (Fsp3) is 1.00. The molecule has 4 heteroatoms. The summed E-state index contributed by atoms with van der Waals surface area (Å²) in [5.41, 5.74) is 0. The minimum absolute atomic E-state index is 0.247. The summed E-state index contributed by atoms with van der Waals surface area (Å²) in [6.07, 6.45) is 2.28. The average molecular weight is 199 g/mol. The predicted octanol–water partition coefficient (Wildman–Crippen LogP) is 1.83. The number of hydrogen-bond acceptors (Lipinski definition) is 2. The van der Waals surface area contributed by atoms with Crippen molar-refractivity contribution in [3.05, 3.63) is 0 Å². The van der Waals surface area contributed by atoms with Crippen molar-refractivity contribution in [2.45, 2.75) is 26.2 Å². The first-order valence-corrected chi connectivity index (χ1v) is 6.24. The number of rotatable bonds is 6. The molecular weight excluding hydrogens is 184 g/mol. The normalized spacial score (nSPS) is 11.8. The summed E-state index contributed by atoms with van der Waals surface area (Å²) >= 11 is 5.38. The Labute approximate surface area is 73.9 Å². The zero-order valence-corrected chi connectivity index (χ0v) is 8.42. The Balaban J connectivity index is 3.63. The maximum Gasteiger partial charge on any atom is 0.150 e. The highest BCUT2D eigenvalue weighted by molar-refractivity contribution is 7.91. The Morgan fingerprint density at radius 1 is 1.18 bits per heavy atom. The molecule has 68 valence electrons. The molecule has 0 atom stereocenters. The minimum Gasteiger partial charge on any atom is -0.229 e. The van der Waals surface area contributed by atoms with Gasteiger partial charge >= 0.3 is 0 Å². The van der Waals surface area contributed by atoms with E-state index in [9.17, 15) is 8.42 Å². The summed E-state index contributed by atoms with van der Waals surface area (Å²) in [5, 5.41) is 0. The molecule has 0 saturated carbocycles. The van der Waals surface area contributed by atoms with Gasteiger partial charge in [-0.3, -0.25) is 0 Å². The lowest BCUT2D eigenvalue weighted by Gasteiger charge is -2.00. The molecule has 0 aromatic heterocycles. The monoisotopic (exact) mass is 198 g/mol. The van der Waals surface area contributed by atoms with Gasteiger partial charge in [0.1, 0.15) is 9.84 Å². The smallest absolute Gasteiger partial charge is 0.150 e. The Morgan fingerprint density at radius 2 is 1.73 bits per heavy atom. The SMILES string of the molecule is CCCCS(=O)(=O)CCCCl. The zero-order valence-electron chi connectivity index (χ0n) is 6.85. The Bertz CT molecular complexity index is 161. The molecule has 0 aliphatic heterocycles. The van der Waals surface area contributed by atoms with Crippen LogP contribution in [0.15, 0.2) is 0 Å². The maximum absolute atomic E-state index is 11.1. The molecule has 0 heterocycles. The molecular formula is C7H15ClO2S. The molecule has 0 saturated heterocycles. The van der Waals surface area contributed by atoms with E-state index in [1.54, 1.807) is 0 Å². The van der Waals surface area contributed by atoms with Gasteiger partial charge in [-0.1, -0.05) is 13.3 Å². The van der Waals surface area contributed by atoms with Gasteiger partial charge < -0.3 is 0 Å². The van der Waals surface area contributed by atoms with Crippen LogP contribution in [-0.2, 0) is 9.84 Å². The van der Waals surface area contributed by atoms with Crippen LogP contribution in [0.4, 0.5) is 0 Å². The van der Waals surface area contributed by atoms with E-state index in [1.165, 1.54) is 0 Å². The van der Waals surface area contributed by atoms with Crippen molar-refractivity contribution in [3.63, 3.8) is 0 Å². The van der Waals surface area contributed by atoms with Crippen LogP contribution in [0, 0.1) is 0 Å². The van der Waals surface area contributed by atoms with Gasteiger partial charge in [0.25, 0.3) is 0 Å². The van der Waals surface area contributed by atoms with Crippen LogP contribution in [-0.4, -0.2) is 25.8 Å². The molecule has 2 nitrogen and oxygen atoms in total. The predicted molar refractivity (Wildman–Crippen MR) is 48.9 cm³/mol. The summed E-state index contributed by atoms with van der Waals surface area (Å²) in [5.74, 6) is 1.00. The van der Waals surface area contributed by atoms with Crippen molar-refractivity contribution < 1.29 is 8.42 Å². The van der Waals surface area contributed by atoms with Crippen molar-refractivity contribution in [3.8, 4) is 0 Å². The summed E-state index contributed by atoms with van der Waals surface area (Å²) in [6, 6.07) is 0. The average Bonchev–Trinajstić information content (AvgIpc) is 1.97. The van der Waals surface area contributed by atoms with Crippen LogP contribution in [0.5, 0.6) is 0 Å². The summed E-state index contributed by atoms with van der Waals surface area (Å²) in [6.45, 7) is 1.98. The van der Waals surface area contributed by atoms with E-state index < -0.39 is 9.84 Å². The largest absolute Gasteiger partial charge is 0.229 e. The molecule has 0 fully saturated rings. The molecule has 0 aliphatic carbocycles. The molecule has 0 bridgehead atoms. The molecule has 0 unspecified atom stereocenters. The summed E-state index contributed by atoms with van der Waals surface area (Å²) in [7, 11) is -2.79. The van der Waals surface area contributed by atoms with Crippen LogP contribution in [0.2, 0.25) is 0 Å². The lowest BCUT2D eigenvalue weighted by Crippen LogP contribution is -2.11. The molecule has 0 spiro atoms. The third kappa shape index (κ3) is 6.63. The van der Waals surface area contributed by atoms with Crippen LogP contribution < -0.4 is 0 Å². The van der Waals surface area contributed by atoms with Gasteiger partial charge in [-0.05, 0) is 12.8 Å². The highest BCUT2D eigenvalue weighted by Gasteiger charge is 2.08. The molecule has 0 N–H and O–H groups in total. The van der Waals surface area contributed by atoms with Crippen molar-refractivity contribution in [1.82, 2.24) is 0 Å². The van der Waals surface area contributed by atoms with Gasteiger partial charge in [-0.15, -0.1) is 11.6 Å². The first-order valence-electron chi connectivity index (χ1n) is 3.89. The van der Waals surface area contributed by atoms with Crippen molar-refractivity contribution in [2.75, 3.05) is 17.4 Å². The zero-order chi connectivity index (χ0) is 8.74. The molecule has 0 aromatic rings. The van der Waals surface area contributed by atoms with Gasteiger partial charge in [0.05, 0.1) is 11.5 Å². The summed E-state index contributed by atoms with van der Waals surface area (Å²) in [4.78, 5) is 0. The number of sulfone groups is 1. The van der Waals surface area contributed by atoms with Crippen molar-refractivity contribution in [2.24, 2.45) is 0 Å². The lowest BCUT2D eigenvalue weighted by molar-refractivity contribution is 0.591. The Kier molecular flexibility index (Phi) is 5.96. The molecule has 0 aliphatic rings. The fourth-order valence-electron chi connectivity index (χ4n) is 0.741. The second-order valence-corrected chi connectivity index (χ2v) is 5.23. The second kappa shape index (κ2) is 5.84. The molecule has 0 radical (unpaired) electrons. The summed E-state index contributed by atoms with van der Waals surface area (Å²) < 4.78 is 22.2. The van der Waals surface area contributed by atoms with E-state index in [2.05, 4.69) is 0 Å². The van der Waals surface area contributed by atoms with Gasteiger partial charge in [-0.2, -0.15) is 0 Å². The Morgan fingerprint density at radius 3 is 2.18 bits per heavy atom. The molecule has 0 aromatic carbocycles. The van der Waals surface area contributed by atoms with Crippen molar-refractivity contribution >= 4 is 21.4 Å². The third-order valence-corrected chi connectivity index (χ3v) is 3.49. The van der Waals surface area contributed by atoms with Gasteiger partial charge in [-0.25, -0.2) is 8.42 Å². The second-order valence-electron chi connectivity index (χ2n) is 2.55. The topological polar surface area (TPSA) is 34.1 Å². The third-order valence-electron chi connectivity index (χ3n) is 1.40. The van der Waals surface area contributed by atoms with E-state index in [1.807, 2.05) is 6.92 Å². The van der Waals surface area contributed by atoms with Gasteiger partial charge in [0.2, 0.25) is 0 Å². The number of hydrogen-bond donors (Lipinski definition) is 0. The molecule has 0 amide bonds. The Hall–Kier alpha value is 0.240. The van der Waals surface area contributed by atoms with E-state index in [0.717, 1.165) is 12.8 Å². The number of unbranched alkanes of at least 4 members (excludes halogenated alkanes) is 1. The van der Waals surface area contributed by atoms with Crippen LogP contribution in [0.25, 0.3) is 0 Å². The minimum atomic E-state index is -2.79. The van der Waals surface area contributed by atoms with Crippen molar-refractivity contribution in [1.29, 1.82) is 0 Å². The fourth-order valence-corrected chi connectivity index (χ4v) is 2.55.